The van der Waals surface area contributed by atoms with Crippen molar-refractivity contribution in [3.05, 3.63) is 23.9 Å². The summed E-state index contributed by atoms with van der Waals surface area (Å²) in [5.74, 6) is -1.00. The first-order valence-electron chi connectivity index (χ1n) is 4.96. The molecule has 0 aromatic carbocycles. The van der Waals surface area contributed by atoms with Crippen LogP contribution in [-0.2, 0) is 4.79 Å². The van der Waals surface area contributed by atoms with Gasteiger partial charge in [0.25, 0.3) is 0 Å². The van der Waals surface area contributed by atoms with E-state index in [0.717, 1.165) is 17.9 Å². The number of aromatic nitrogens is 1. The quantitative estimate of drug-likeness (QED) is 0.864. The van der Waals surface area contributed by atoms with E-state index in [1.807, 2.05) is 6.07 Å². The lowest BCUT2D eigenvalue weighted by atomic mass is 9.85. The van der Waals surface area contributed by atoms with Crippen molar-refractivity contribution in [3.8, 4) is 6.07 Å². The van der Waals surface area contributed by atoms with Crippen LogP contribution < -0.4 is 0 Å². The average molecular weight is 234 g/mol. The van der Waals surface area contributed by atoms with E-state index in [1.165, 1.54) is 11.8 Å². The third-order valence-corrected chi connectivity index (χ3v) is 4.00. The number of carboxylic acid groups (broad SMARTS) is 1. The molecule has 0 amide bonds. The predicted octanol–water partition coefficient (Wildman–Crippen LogP) is 1.91. The van der Waals surface area contributed by atoms with Crippen LogP contribution in [-0.4, -0.2) is 21.3 Å². The normalized spacial score (nSPS) is 23.2. The molecule has 5 heteroatoms. The second kappa shape index (κ2) is 4.54. The first-order chi connectivity index (χ1) is 7.70. The number of nitrogens with zero attached hydrogens (tertiary/aromatic N) is 2. The van der Waals surface area contributed by atoms with Gasteiger partial charge in [0.1, 0.15) is 0 Å². The van der Waals surface area contributed by atoms with E-state index in [0.29, 0.717) is 5.56 Å². The van der Waals surface area contributed by atoms with Crippen LogP contribution in [0.3, 0.4) is 0 Å². The molecule has 0 spiro atoms. The Morgan fingerprint density at radius 1 is 1.62 bits per heavy atom. The van der Waals surface area contributed by atoms with Gasteiger partial charge in [-0.25, -0.2) is 4.98 Å². The molecule has 0 aliphatic heterocycles. The van der Waals surface area contributed by atoms with Gasteiger partial charge in [0.15, 0.2) is 0 Å². The van der Waals surface area contributed by atoms with E-state index < -0.39 is 5.97 Å². The van der Waals surface area contributed by atoms with Gasteiger partial charge in [0.05, 0.1) is 22.6 Å². The summed E-state index contributed by atoms with van der Waals surface area (Å²) in [6.45, 7) is 0. The van der Waals surface area contributed by atoms with Gasteiger partial charge in [-0.05, 0) is 25.0 Å². The van der Waals surface area contributed by atoms with Crippen LogP contribution in [0.15, 0.2) is 23.4 Å². The number of aliphatic carboxylic acids is 1. The molecule has 0 radical (unpaired) electrons. The highest BCUT2D eigenvalue weighted by atomic mass is 32.2. The topological polar surface area (TPSA) is 74.0 Å². The third kappa shape index (κ3) is 2.17. The molecule has 4 nitrogen and oxygen atoms in total. The standard InChI is InChI=1S/C11H10N2O2S/c12-6-7-3-4-13-10(5-7)16-9-2-1-8(9)11(14)15/h3-5,8-9H,1-2H2,(H,14,15). The number of rotatable bonds is 3. The minimum atomic E-state index is -0.736. The number of thioether (sulfide) groups is 1. The van der Waals surface area contributed by atoms with Crippen molar-refractivity contribution >= 4 is 17.7 Å². The lowest BCUT2D eigenvalue weighted by Crippen LogP contribution is -2.35. The zero-order valence-electron chi connectivity index (χ0n) is 8.46. The lowest BCUT2D eigenvalue weighted by Gasteiger charge is -2.32. The highest BCUT2D eigenvalue weighted by Crippen LogP contribution is 2.40. The number of carboxylic acids is 1. The summed E-state index contributed by atoms with van der Waals surface area (Å²) >= 11 is 1.45. The van der Waals surface area contributed by atoms with Crippen molar-refractivity contribution in [1.82, 2.24) is 4.98 Å². The average Bonchev–Trinajstić information content (AvgIpc) is 2.24. The largest absolute Gasteiger partial charge is 0.481 e. The van der Waals surface area contributed by atoms with E-state index in [1.54, 1.807) is 18.3 Å². The summed E-state index contributed by atoms with van der Waals surface area (Å²) in [7, 11) is 0. The Morgan fingerprint density at radius 2 is 2.44 bits per heavy atom. The molecule has 1 aliphatic rings. The second-order valence-corrected chi connectivity index (χ2v) is 4.93. The summed E-state index contributed by atoms with van der Waals surface area (Å²) in [5, 5.41) is 18.5. The van der Waals surface area contributed by atoms with Crippen LogP contribution in [0.2, 0.25) is 0 Å². The number of hydrogen-bond acceptors (Lipinski definition) is 4. The highest BCUT2D eigenvalue weighted by Gasteiger charge is 2.37. The molecule has 0 bridgehead atoms. The minimum Gasteiger partial charge on any atom is -0.481 e. The first-order valence-corrected chi connectivity index (χ1v) is 5.84. The van der Waals surface area contributed by atoms with Crippen molar-refractivity contribution < 1.29 is 9.90 Å². The van der Waals surface area contributed by atoms with Crippen LogP contribution in [0.1, 0.15) is 18.4 Å². The van der Waals surface area contributed by atoms with Crippen LogP contribution in [0.25, 0.3) is 0 Å². The molecule has 1 saturated carbocycles. The van der Waals surface area contributed by atoms with Gasteiger partial charge in [-0.3, -0.25) is 4.79 Å². The maximum absolute atomic E-state index is 10.8. The highest BCUT2D eigenvalue weighted by molar-refractivity contribution is 8.00. The zero-order chi connectivity index (χ0) is 11.5. The van der Waals surface area contributed by atoms with Crippen molar-refractivity contribution in [2.24, 2.45) is 5.92 Å². The number of nitriles is 1. The third-order valence-electron chi connectivity index (χ3n) is 2.66. The lowest BCUT2D eigenvalue weighted by molar-refractivity contribution is -0.144. The van der Waals surface area contributed by atoms with E-state index in [2.05, 4.69) is 4.98 Å². The maximum Gasteiger partial charge on any atom is 0.307 e. The summed E-state index contributed by atoms with van der Waals surface area (Å²) in [6.07, 6.45) is 3.22. The van der Waals surface area contributed by atoms with E-state index in [-0.39, 0.29) is 11.2 Å². The molecule has 1 aliphatic carbocycles. The Balaban J connectivity index is 2.04. The van der Waals surface area contributed by atoms with Gasteiger partial charge >= 0.3 is 5.97 Å². The molecule has 0 saturated heterocycles. The van der Waals surface area contributed by atoms with Crippen LogP contribution >= 0.6 is 11.8 Å². The van der Waals surface area contributed by atoms with Gasteiger partial charge in [-0.15, -0.1) is 11.8 Å². The number of pyridine rings is 1. The Labute approximate surface area is 97.3 Å². The first kappa shape index (κ1) is 11.0. The van der Waals surface area contributed by atoms with Crippen molar-refractivity contribution in [2.45, 2.75) is 23.1 Å². The molecule has 1 N–H and O–H groups in total. The van der Waals surface area contributed by atoms with Crippen LogP contribution in [0.5, 0.6) is 0 Å². The van der Waals surface area contributed by atoms with Crippen LogP contribution in [0, 0.1) is 17.2 Å². The smallest absolute Gasteiger partial charge is 0.307 e. The Kier molecular flexibility index (Phi) is 3.11. The minimum absolute atomic E-state index is 0.0962. The second-order valence-electron chi connectivity index (χ2n) is 3.67. The number of hydrogen-bond donors (Lipinski definition) is 1. The molecule has 1 heterocycles. The van der Waals surface area contributed by atoms with Gasteiger partial charge in [-0.1, -0.05) is 0 Å². The maximum atomic E-state index is 10.8. The summed E-state index contributed by atoms with van der Waals surface area (Å²) in [6, 6.07) is 5.38. The summed E-state index contributed by atoms with van der Waals surface area (Å²) in [4.78, 5) is 14.9. The van der Waals surface area contributed by atoms with Crippen molar-refractivity contribution in [3.63, 3.8) is 0 Å². The van der Waals surface area contributed by atoms with Gasteiger partial charge in [0, 0.05) is 11.4 Å². The van der Waals surface area contributed by atoms with E-state index in [9.17, 15) is 4.79 Å². The fourth-order valence-corrected chi connectivity index (χ4v) is 2.89. The fraction of sp³-hybridized carbons (Fsp3) is 0.364. The van der Waals surface area contributed by atoms with E-state index in [4.69, 9.17) is 10.4 Å². The van der Waals surface area contributed by atoms with E-state index >= 15 is 0 Å². The molecule has 1 aromatic rings. The van der Waals surface area contributed by atoms with Gasteiger partial charge in [-0.2, -0.15) is 5.26 Å². The number of carbonyl (C=O) groups is 1. The summed E-state index contributed by atoms with van der Waals surface area (Å²) < 4.78 is 0. The molecule has 1 fully saturated rings. The predicted molar refractivity (Wildman–Crippen MR) is 59.0 cm³/mol. The molecule has 16 heavy (non-hydrogen) atoms. The fourth-order valence-electron chi connectivity index (χ4n) is 1.59. The molecule has 2 unspecified atom stereocenters. The van der Waals surface area contributed by atoms with Crippen molar-refractivity contribution in [2.75, 3.05) is 0 Å². The van der Waals surface area contributed by atoms with Crippen molar-refractivity contribution in [1.29, 1.82) is 5.26 Å². The van der Waals surface area contributed by atoms with Crippen LogP contribution in [0.4, 0.5) is 0 Å². The Hall–Kier alpha value is -1.54. The Morgan fingerprint density at radius 3 is 3.00 bits per heavy atom. The zero-order valence-corrected chi connectivity index (χ0v) is 9.28. The molecule has 1 aromatic heterocycles. The monoisotopic (exact) mass is 234 g/mol. The molecular formula is C11H10N2O2S. The molecule has 82 valence electrons. The SMILES string of the molecule is N#Cc1ccnc(SC2CCC2C(=O)O)c1. The van der Waals surface area contributed by atoms with Gasteiger partial charge in [0.2, 0.25) is 0 Å². The van der Waals surface area contributed by atoms with Gasteiger partial charge < -0.3 is 5.11 Å². The molecule has 2 atom stereocenters. The Bertz CT molecular complexity index is 456. The summed E-state index contributed by atoms with van der Waals surface area (Å²) in [5.41, 5.74) is 0.559. The molecular weight excluding hydrogens is 224 g/mol. The molecule has 2 rings (SSSR count).